The number of aromatic nitrogens is 2. The number of ether oxygens (including phenoxy) is 1. The maximum atomic E-state index is 12.5. The number of hydrogen-bond donors (Lipinski definition) is 3. The summed E-state index contributed by atoms with van der Waals surface area (Å²) in [5, 5.41) is 6.33. The Balaban J connectivity index is 1.51. The predicted octanol–water partition coefficient (Wildman–Crippen LogP) is 5.17. The standard InChI is InChI=1S/C27H33N7O2/c1-16-8-7-9-17(2)22(16)32-23(28)21-13-30-25(33-24(21)29-6)31-20-11-10-18-14-34(15-19(18)12-20)26(35)36-27(3,4)5/h7-13H,14-15H2,1-6H3,(H2,28,32)(H2,29,30,31,33). The zero-order valence-electron chi connectivity index (χ0n) is 21.6. The van der Waals surface area contributed by atoms with Crippen LogP contribution < -0.4 is 16.4 Å². The lowest BCUT2D eigenvalue weighted by Gasteiger charge is -2.24. The first-order valence-corrected chi connectivity index (χ1v) is 11.9. The summed E-state index contributed by atoms with van der Waals surface area (Å²) in [6, 6.07) is 12.0. The Morgan fingerprint density at radius 2 is 1.81 bits per heavy atom. The van der Waals surface area contributed by atoms with E-state index in [-0.39, 0.29) is 6.09 Å². The maximum Gasteiger partial charge on any atom is 0.410 e. The zero-order chi connectivity index (χ0) is 26.0. The molecule has 4 rings (SSSR count). The van der Waals surface area contributed by atoms with Crippen molar-refractivity contribution < 1.29 is 9.53 Å². The number of fused-ring (bicyclic) bond motifs is 1. The third kappa shape index (κ3) is 5.56. The number of benzene rings is 2. The number of rotatable bonds is 5. The Bertz CT molecular complexity index is 1310. The summed E-state index contributed by atoms with van der Waals surface area (Å²) in [7, 11) is 1.78. The van der Waals surface area contributed by atoms with Gasteiger partial charge in [0, 0.05) is 32.0 Å². The molecule has 3 aromatic rings. The Kier molecular flexibility index (Phi) is 6.83. The van der Waals surface area contributed by atoms with Crippen LogP contribution >= 0.6 is 0 Å². The lowest BCUT2D eigenvalue weighted by Crippen LogP contribution is -2.33. The lowest BCUT2D eigenvalue weighted by molar-refractivity contribution is 0.0242. The van der Waals surface area contributed by atoms with Crippen molar-refractivity contribution >= 4 is 35.1 Å². The van der Waals surface area contributed by atoms with Crippen LogP contribution in [0.2, 0.25) is 0 Å². The molecule has 0 aliphatic carbocycles. The summed E-state index contributed by atoms with van der Waals surface area (Å²) in [6.45, 7) is 10.6. The van der Waals surface area contributed by atoms with Crippen LogP contribution in [0.25, 0.3) is 0 Å². The molecule has 0 spiro atoms. The monoisotopic (exact) mass is 487 g/mol. The van der Waals surface area contributed by atoms with E-state index in [1.54, 1.807) is 18.1 Å². The second kappa shape index (κ2) is 9.85. The molecular formula is C27H33N7O2. The van der Waals surface area contributed by atoms with E-state index in [9.17, 15) is 4.79 Å². The van der Waals surface area contributed by atoms with Gasteiger partial charge in [0.05, 0.1) is 11.3 Å². The second-order valence-corrected chi connectivity index (χ2v) is 9.89. The van der Waals surface area contributed by atoms with Crippen molar-refractivity contribution in [3.05, 3.63) is 70.4 Å². The van der Waals surface area contributed by atoms with Crippen LogP contribution in [0.4, 0.5) is 27.9 Å². The maximum absolute atomic E-state index is 12.5. The molecule has 9 nitrogen and oxygen atoms in total. The molecule has 4 N–H and O–H groups in total. The van der Waals surface area contributed by atoms with E-state index >= 15 is 0 Å². The minimum Gasteiger partial charge on any atom is -0.444 e. The predicted molar refractivity (Wildman–Crippen MR) is 143 cm³/mol. The van der Waals surface area contributed by atoms with E-state index in [0.717, 1.165) is 33.6 Å². The molecule has 1 aliphatic heterocycles. The molecule has 0 radical (unpaired) electrons. The highest BCUT2D eigenvalue weighted by atomic mass is 16.6. The van der Waals surface area contributed by atoms with Gasteiger partial charge in [-0.05, 0) is 69.0 Å². The van der Waals surface area contributed by atoms with Crippen LogP contribution in [0.5, 0.6) is 0 Å². The van der Waals surface area contributed by atoms with Crippen molar-refractivity contribution in [1.82, 2.24) is 14.9 Å². The average molecular weight is 488 g/mol. The summed E-state index contributed by atoms with van der Waals surface area (Å²) in [6.07, 6.45) is 1.34. The number of carbonyl (C=O) groups excluding carboxylic acids is 1. The summed E-state index contributed by atoms with van der Waals surface area (Å²) in [5.74, 6) is 1.32. The molecule has 0 unspecified atom stereocenters. The number of anilines is 3. The topological polar surface area (TPSA) is 118 Å². The van der Waals surface area contributed by atoms with Crippen LogP contribution in [0.1, 0.15) is 48.6 Å². The first kappa shape index (κ1) is 25.0. The summed E-state index contributed by atoms with van der Waals surface area (Å²) in [4.78, 5) is 27.9. The molecule has 2 heterocycles. The molecule has 0 fully saturated rings. The van der Waals surface area contributed by atoms with Gasteiger partial charge in [-0.1, -0.05) is 24.3 Å². The molecule has 1 amide bonds. The Morgan fingerprint density at radius 3 is 2.47 bits per heavy atom. The number of para-hydroxylation sites is 1. The van der Waals surface area contributed by atoms with Gasteiger partial charge in [0.25, 0.3) is 0 Å². The summed E-state index contributed by atoms with van der Waals surface area (Å²) in [5.41, 5.74) is 12.4. The molecule has 0 saturated carbocycles. The Labute approximate surface area is 211 Å². The first-order valence-electron chi connectivity index (χ1n) is 11.9. The minimum absolute atomic E-state index is 0.314. The Hall–Kier alpha value is -4.14. The molecule has 0 saturated heterocycles. The van der Waals surface area contributed by atoms with E-state index in [1.807, 2.05) is 71.0 Å². The third-order valence-electron chi connectivity index (χ3n) is 5.81. The van der Waals surface area contributed by atoms with Crippen molar-refractivity contribution in [2.24, 2.45) is 10.7 Å². The summed E-state index contributed by atoms with van der Waals surface area (Å²) < 4.78 is 5.51. The number of nitrogens with zero attached hydrogens (tertiary/aromatic N) is 4. The molecule has 0 atom stereocenters. The molecule has 0 bridgehead atoms. The van der Waals surface area contributed by atoms with Gasteiger partial charge in [0.2, 0.25) is 5.95 Å². The number of amidine groups is 1. The number of nitrogens with two attached hydrogens (primary N) is 1. The van der Waals surface area contributed by atoms with Gasteiger partial charge >= 0.3 is 6.09 Å². The third-order valence-corrected chi connectivity index (χ3v) is 5.81. The van der Waals surface area contributed by atoms with Gasteiger partial charge in [0.1, 0.15) is 17.3 Å². The van der Waals surface area contributed by atoms with Gasteiger partial charge in [-0.3, -0.25) is 4.90 Å². The number of carbonyl (C=O) groups is 1. The SMILES string of the molecule is CNc1nc(Nc2ccc3c(c2)CN(C(=O)OC(C)(C)C)C3)ncc1C(N)=Nc1c(C)cccc1C. The molecule has 188 valence electrons. The molecule has 36 heavy (non-hydrogen) atoms. The lowest BCUT2D eigenvalue weighted by atomic mass is 10.1. The molecular weight excluding hydrogens is 454 g/mol. The van der Waals surface area contributed by atoms with Gasteiger partial charge in [0.15, 0.2) is 0 Å². The zero-order valence-corrected chi connectivity index (χ0v) is 21.6. The quantitative estimate of drug-likeness (QED) is 0.336. The van der Waals surface area contributed by atoms with Crippen molar-refractivity contribution in [2.45, 2.75) is 53.3 Å². The van der Waals surface area contributed by atoms with Crippen molar-refractivity contribution in [3.8, 4) is 0 Å². The smallest absolute Gasteiger partial charge is 0.410 e. The van der Waals surface area contributed by atoms with Crippen LogP contribution in [-0.4, -0.2) is 39.4 Å². The highest BCUT2D eigenvalue weighted by molar-refractivity contribution is 6.03. The Morgan fingerprint density at radius 1 is 1.11 bits per heavy atom. The highest BCUT2D eigenvalue weighted by Crippen LogP contribution is 2.29. The van der Waals surface area contributed by atoms with Crippen LogP contribution in [0.3, 0.4) is 0 Å². The fourth-order valence-electron chi connectivity index (χ4n) is 4.04. The van der Waals surface area contributed by atoms with E-state index in [1.165, 1.54) is 0 Å². The first-order chi connectivity index (χ1) is 17.0. The van der Waals surface area contributed by atoms with E-state index < -0.39 is 5.60 Å². The largest absolute Gasteiger partial charge is 0.444 e. The van der Waals surface area contributed by atoms with Gasteiger partial charge < -0.3 is 21.1 Å². The molecule has 1 aliphatic rings. The van der Waals surface area contributed by atoms with Gasteiger partial charge in [-0.25, -0.2) is 14.8 Å². The van der Waals surface area contributed by atoms with Crippen molar-refractivity contribution in [2.75, 3.05) is 17.7 Å². The number of aliphatic imine (C=N–C) groups is 1. The number of amides is 1. The van der Waals surface area contributed by atoms with E-state index in [2.05, 4.69) is 25.6 Å². The average Bonchev–Trinajstić information content (AvgIpc) is 3.24. The van der Waals surface area contributed by atoms with Gasteiger partial charge in [-0.15, -0.1) is 0 Å². The molecule has 1 aromatic heterocycles. The fourth-order valence-corrected chi connectivity index (χ4v) is 4.04. The molecule has 2 aromatic carbocycles. The second-order valence-electron chi connectivity index (χ2n) is 9.89. The van der Waals surface area contributed by atoms with Gasteiger partial charge in [-0.2, -0.15) is 4.98 Å². The van der Waals surface area contributed by atoms with Crippen LogP contribution in [0, 0.1) is 13.8 Å². The van der Waals surface area contributed by atoms with E-state index in [0.29, 0.717) is 36.3 Å². The molecule has 9 heteroatoms. The fraction of sp³-hybridized carbons (Fsp3) is 0.333. The number of hydrogen-bond acceptors (Lipinski definition) is 7. The van der Waals surface area contributed by atoms with Crippen molar-refractivity contribution in [3.63, 3.8) is 0 Å². The van der Waals surface area contributed by atoms with Crippen LogP contribution in [0.15, 0.2) is 47.6 Å². The normalized spacial score (nSPS) is 13.4. The van der Waals surface area contributed by atoms with E-state index in [4.69, 9.17) is 10.5 Å². The highest BCUT2D eigenvalue weighted by Gasteiger charge is 2.28. The minimum atomic E-state index is -0.528. The number of nitrogens with one attached hydrogen (secondary N) is 2. The number of aryl methyl sites for hydroxylation is 2. The van der Waals surface area contributed by atoms with Crippen molar-refractivity contribution in [1.29, 1.82) is 0 Å². The summed E-state index contributed by atoms with van der Waals surface area (Å²) >= 11 is 0. The van der Waals surface area contributed by atoms with Crippen LogP contribution in [-0.2, 0) is 17.8 Å².